The summed E-state index contributed by atoms with van der Waals surface area (Å²) in [7, 11) is 0. The molecule has 1 amide bonds. The maximum absolute atomic E-state index is 12.4. The molecule has 7 heteroatoms. The van der Waals surface area contributed by atoms with Gasteiger partial charge in [0.15, 0.2) is 11.5 Å². The van der Waals surface area contributed by atoms with Crippen LogP contribution in [0.5, 0.6) is 11.5 Å². The van der Waals surface area contributed by atoms with Crippen molar-refractivity contribution in [1.82, 2.24) is 9.97 Å². The minimum absolute atomic E-state index is 0.285. The van der Waals surface area contributed by atoms with Gasteiger partial charge in [-0.15, -0.1) is 0 Å². The molecule has 2 heterocycles. The lowest BCUT2D eigenvalue weighted by Gasteiger charge is -2.19. The van der Waals surface area contributed by atoms with Gasteiger partial charge in [0.25, 0.3) is 5.91 Å². The van der Waals surface area contributed by atoms with Crippen LogP contribution in [0.2, 0.25) is 0 Å². The van der Waals surface area contributed by atoms with Crippen molar-refractivity contribution in [2.24, 2.45) is 0 Å². The summed E-state index contributed by atoms with van der Waals surface area (Å²) in [6.07, 6.45) is 3.88. The molecule has 1 aliphatic rings. The molecule has 0 saturated heterocycles. The third kappa shape index (κ3) is 4.37. The summed E-state index contributed by atoms with van der Waals surface area (Å²) in [5.74, 6) is 1.51. The van der Waals surface area contributed by atoms with Gasteiger partial charge < -0.3 is 20.1 Å². The number of hydrogen-bond donors (Lipinski definition) is 2. The van der Waals surface area contributed by atoms with Gasteiger partial charge in [-0.3, -0.25) is 4.79 Å². The number of fused-ring (bicyclic) bond motifs is 1. The zero-order valence-corrected chi connectivity index (χ0v) is 15.2. The lowest BCUT2D eigenvalue weighted by atomic mass is 10.1. The average molecular weight is 376 g/mol. The Bertz CT molecular complexity index is 946. The minimum Gasteiger partial charge on any atom is -0.486 e. The van der Waals surface area contributed by atoms with E-state index < -0.39 is 0 Å². The van der Waals surface area contributed by atoms with E-state index in [4.69, 9.17) is 9.47 Å². The van der Waals surface area contributed by atoms with Gasteiger partial charge >= 0.3 is 0 Å². The molecule has 7 nitrogen and oxygen atoms in total. The van der Waals surface area contributed by atoms with Crippen LogP contribution >= 0.6 is 0 Å². The van der Waals surface area contributed by atoms with Gasteiger partial charge in [0.2, 0.25) is 5.95 Å². The largest absolute Gasteiger partial charge is 0.486 e. The molecule has 3 aromatic rings. The molecule has 28 heavy (non-hydrogen) atoms. The number of aromatic nitrogens is 2. The highest BCUT2D eigenvalue weighted by molar-refractivity contribution is 6.04. The third-order valence-corrected chi connectivity index (χ3v) is 4.25. The van der Waals surface area contributed by atoms with Crippen LogP contribution in [0.15, 0.2) is 60.9 Å². The van der Waals surface area contributed by atoms with Crippen LogP contribution < -0.4 is 20.1 Å². The number of carbonyl (C=O) groups is 1. The van der Waals surface area contributed by atoms with Crippen molar-refractivity contribution in [3.8, 4) is 11.5 Å². The summed E-state index contributed by atoms with van der Waals surface area (Å²) in [5.41, 5.74) is 2.24. The molecule has 4 rings (SSSR count). The number of nitrogens with zero attached hydrogens (tertiary/aromatic N) is 2. The van der Waals surface area contributed by atoms with Crippen LogP contribution in [-0.2, 0) is 6.42 Å². The molecule has 0 saturated carbocycles. The van der Waals surface area contributed by atoms with E-state index in [2.05, 4.69) is 32.7 Å². The van der Waals surface area contributed by atoms with Crippen molar-refractivity contribution >= 4 is 17.5 Å². The monoisotopic (exact) mass is 376 g/mol. The summed E-state index contributed by atoms with van der Waals surface area (Å²) < 4.78 is 11.0. The SMILES string of the molecule is O=C(Nc1ccc2c(c1)OCCO2)c1cnc(NCCc2ccccc2)nc1. The Morgan fingerprint density at radius 3 is 2.50 bits per heavy atom. The molecule has 1 aliphatic heterocycles. The Labute approximate surface area is 162 Å². The third-order valence-electron chi connectivity index (χ3n) is 4.25. The number of anilines is 2. The first kappa shape index (κ1) is 17.8. The van der Waals surface area contributed by atoms with E-state index in [1.807, 2.05) is 18.2 Å². The van der Waals surface area contributed by atoms with Crippen LogP contribution in [0.1, 0.15) is 15.9 Å². The summed E-state index contributed by atoms with van der Waals surface area (Å²) in [6, 6.07) is 15.5. The van der Waals surface area contributed by atoms with Gasteiger partial charge in [-0.2, -0.15) is 0 Å². The first-order chi connectivity index (χ1) is 13.8. The second-order valence-electron chi connectivity index (χ2n) is 6.27. The van der Waals surface area contributed by atoms with Crippen molar-refractivity contribution in [3.05, 3.63) is 72.1 Å². The highest BCUT2D eigenvalue weighted by Gasteiger charge is 2.14. The van der Waals surface area contributed by atoms with Crippen molar-refractivity contribution < 1.29 is 14.3 Å². The van der Waals surface area contributed by atoms with Crippen LogP contribution in [0.3, 0.4) is 0 Å². The first-order valence-corrected chi connectivity index (χ1v) is 9.09. The lowest BCUT2D eigenvalue weighted by Crippen LogP contribution is -2.17. The molecule has 142 valence electrons. The van der Waals surface area contributed by atoms with E-state index in [9.17, 15) is 4.79 Å². The van der Waals surface area contributed by atoms with Gasteiger partial charge in [-0.05, 0) is 24.1 Å². The Hall–Kier alpha value is -3.61. The number of ether oxygens (including phenoxy) is 2. The fourth-order valence-corrected chi connectivity index (χ4v) is 2.82. The molecule has 2 aromatic carbocycles. The number of nitrogens with one attached hydrogen (secondary N) is 2. The van der Waals surface area contributed by atoms with E-state index in [1.54, 1.807) is 18.2 Å². The smallest absolute Gasteiger partial charge is 0.258 e. The maximum atomic E-state index is 12.4. The maximum Gasteiger partial charge on any atom is 0.258 e. The second-order valence-corrected chi connectivity index (χ2v) is 6.27. The highest BCUT2D eigenvalue weighted by Crippen LogP contribution is 2.32. The van der Waals surface area contributed by atoms with Crippen molar-refractivity contribution in [1.29, 1.82) is 0 Å². The predicted molar refractivity (Wildman–Crippen MR) is 106 cm³/mol. The Morgan fingerprint density at radius 2 is 1.71 bits per heavy atom. The van der Waals surface area contributed by atoms with E-state index >= 15 is 0 Å². The second kappa shape index (κ2) is 8.39. The van der Waals surface area contributed by atoms with Gasteiger partial charge in [0.1, 0.15) is 13.2 Å². The standard InChI is InChI=1S/C21H20N4O3/c26-20(25-17-6-7-18-19(12-17)28-11-10-27-18)16-13-23-21(24-14-16)22-9-8-15-4-2-1-3-5-15/h1-7,12-14H,8-11H2,(H,25,26)(H,22,23,24). The fraction of sp³-hybridized carbons (Fsp3) is 0.190. The minimum atomic E-state index is -0.285. The molecular formula is C21H20N4O3. The lowest BCUT2D eigenvalue weighted by molar-refractivity contribution is 0.102. The van der Waals surface area contributed by atoms with E-state index in [-0.39, 0.29) is 5.91 Å². The Morgan fingerprint density at radius 1 is 0.964 bits per heavy atom. The molecule has 1 aromatic heterocycles. The number of carbonyl (C=O) groups excluding carboxylic acids is 1. The Kier molecular flexibility index (Phi) is 5.33. The van der Waals surface area contributed by atoms with Crippen LogP contribution in [0.4, 0.5) is 11.6 Å². The summed E-state index contributed by atoms with van der Waals surface area (Å²) in [6.45, 7) is 1.74. The number of amides is 1. The average Bonchev–Trinajstić information content (AvgIpc) is 2.75. The van der Waals surface area contributed by atoms with E-state index in [1.165, 1.54) is 18.0 Å². The molecular weight excluding hydrogens is 356 g/mol. The van der Waals surface area contributed by atoms with Crippen molar-refractivity contribution in [3.63, 3.8) is 0 Å². The molecule has 0 spiro atoms. The highest BCUT2D eigenvalue weighted by atomic mass is 16.6. The summed E-state index contributed by atoms with van der Waals surface area (Å²) in [5, 5.41) is 5.98. The number of rotatable bonds is 6. The quantitative estimate of drug-likeness (QED) is 0.687. The summed E-state index contributed by atoms with van der Waals surface area (Å²) >= 11 is 0. The summed E-state index contributed by atoms with van der Waals surface area (Å²) in [4.78, 5) is 20.8. The molecule has 0 atom stereocenters. The number of benzene rings is 2. The van der Waals surface area contributed by atoms with Gasteiger partial charge in [-0.1, -0.05) is 30.3 Å². The molecule has 0 unspecified atom stereocenters. The molecule has 2 N–H and O–H groups in total. The molecule has 0 aliphatic carbocycles. The van der Waals surface area contributed by atoms with Crippen LogP contribution in [0, 0.1) is 0 Å². The zero-order valence-electron chi connectivity index (χ0n) is 15.2. The zero-order chi connectivity index (χ0) is 19.2. The normalized spacial score (nSPS) is 12.3. The number of hydrogen-bond acceptors (Lipinski definition) is 6. The first-order valence-electron chi connectivity index (χ1n) is 9.09. The fourth-order valence-electron chi connectivity index (χ4n) is 2.82. The van der Waals surface area contributed by atoms with Gasteiger partial charge in [-0.25, -0.2) is 9.97 Å². The van der Waals surface area contributed by atoms with E-state index in [0.29, 0.717) is 48.5 Å². The predicted octanol–water partition coefficient (Wildman–Crippen LogP) is 3.15. The van der Waals surface area contributed by atoms with Crippen LogP contribution in [-0.4, -0.2) is 35.6 Å². The molecule has 0 bridgehead atoms. The van der Waals surface area contributed by atoms with Gasteiger partial charge in [0, 0.05) is 30.7 Å². The van der Waals surface area contributed by atoms with Crippen molar-refractivity contribution in [2.45, 2.75) is 6.42 Å². The van der Waals surface area contributed by atoms with Crippen molar-refractivity contribution in [2.75, 3.05) is 30.4 Å². The van der Waals surface area contributed by atoms with E-state index in [0.717, 1.165) is 6.42 Å². The van der Waals surface area contributed by atoms with Crippen LogP contribution in [0.25, 0.3) is 0 Å². The van der Waals surface area contributed by atoms with Gasteiger partial charge in [0.05, 0.1) is 5.56 Å². The molecule has 0 fully saturated rings. The molecule has 0 radical (unpaired) electrons. The topological polar surface area (TPSA) is 85.4 Å². The Balaban J connectivity index is 1.32.